The molecule has 0 spiro atoms. The van der Waals surface area contributed by atoms with Gasteiger partial charge in [-0.05, 0) is 49.1 Å². The summed E-state index contributed by atoms with van der Waals surface area (Å²) in [5, 5.41) is 2.90. The number of benzene rings is 2. The van der Waals surface area contributed by atoms with E-state index >= 15 is 0 Å². The monoisotopic (exact) mass is 457 g/mol. The highest BCUT2D eigenvalue weighted by atomic mass is 16.5. The van der Waals surface area contributed by atoms with E-state index in [-0.39, 0.29) is 12.1 Å². The Hall–Kier alpha value is -3.80. The van der Waals surface area contributed by atoms with Crippen molar-refractivity contribution < 1.29 is 14.3 Å². The molecule has 1 aromatic heterocycles. The molecule has 2 heterocycles. The number of carbonyl (C=O) groups is 1. The van der Waals surface area contributed by atoms with Gasteiger partial charge in [-0.25, -0.2) is 9.78 Å². The standard InChI is InChI=1S/C28H31N3O3/c1-21(17-22-7-4-3-5-8-22)34-26-10-6-9-24(19-26)18-23-13-15-31(16-14-23)28(32)30-25-11-12-27(33-2)29-20-25/h3-12,18-21H,13-17H2,1-2H3,(H,30,32). The lowest BCUT2D eigenvalue weighted by Crippen LogP contribution is -2.39. The molecule has 1 unspecified atom stereocenters. The number of methoxy groups -OCH3 is 1. The van der Waals surface area contributed by atoms with Crippen LogP contribution in [0.3, 0.4) is 0 Å². The first-order valence-corrected chi connectivity index (χ1v) is 11.6. The summed E-state index contributed by atoms with van der Waals surface area (Å²) in [5.41, 5.74) is 4.39. The van der Waals surface area contributed by atoms with Crippen molar-refractivity contribution in [3.05, 3.63) is 89.6 Å². The molecule has 6 nitrogen and oxygen atoms in total. The summed E-state index contributed by atoms with van der Waals surface area (Å²) < 4.78 is 11.2. The van der Waals surface area contributed by atoms with Crippen molar-refractivity contribution in [2.24, 2.45) is 0 Å². The molecule has 0 aliphatic carbocycles. The fourth-order valence-corrected chi connectivity index (χ4v) is 4.05. The van der Waals surface area contributed by atoms with E-state index < -0.39 is 0 Å². The fraction of sp³-hybridized carbons (Fsp3) is 0.286. The van der Waals surface area contributed by atoms with E-state index in [2.05, 4.69) is 59.7 Å². The number of carbonyl (C=O) groups excluding carboxylic acids is 1. The Morgan fingerprint density at radius 2 is 1.88 bits per heavy atom. The predicted octanol–water partition coefficient (Wildman–Crippen LogP) is 5.81. The Morgan fingerprint density at radius 3 is 2.59 bits per heavy atom. The minimum Gasteiger partial charge on any atom is -0.490 e. The Morgan fingerprint density at radius 1 is 1.09 bits per heavy atom. The van der Waals surface area contributed by atoms with E-state index in [1.54, 1.807) is 25.4 Å². The van der Waals surface area contributed by atoms with Crippen molar-refractivity contribution in [2.45, 2.75) is 32.3 Å². The quantitative estimate of drug-likeness (QED) is 0.486. The molecule has 0 radical (unpaired) electrons. The molecule has 6 heteroatoms. The van der Waals surface area contributed by atoms with Crippen LogP contribution in [0.4, 0.5) is 10.5 Å². The van der Waals surface area contributed by atoms with E-state index in [1.807, 2.05) is 23.1 Å². The topological polar surface area (TPSA) is 63.7 Å². The average Bonchev–Trinajstić information content (AvgIpc) is 2.86. The van der Waals surface area contributed by atoms with Gasteiger partial charge < -0.3 is 19.7 Å². The summed E-state index contributed by atoms with van der Waals surface area (Å²) in [4.78, 5) is 18.5. The maximum atomic E-state index is 12.6. The number of rotatable bonds is 7. The van der Waals surface area contributed by atoms with Gasteiger partial charge in [-0.2, -0.15) is 0 Å². The molecular formula is C28H31N3O3. The van der Waals surface area contributed by atoms with Gasteiger partial charge in [0.05, 0.1) is 25.1 Å². The SMILES string of the molecule is COc1ccc(NC(=O)N2CCC(=Cc3cccc(OC(C)Cc4ccccc4)c3)CC2)cn1. The minimum absolute atomic E-state index is 0.0907. The number of pyridine rings is 1. The van der Waals surface area contributed by atoms with Crippen molar-refractivity contribution in [3.63, 3.8) is 0 Å². The number of nitrogens with one attached hydrogen (secondary N) is 1. The average molecular weight is 458 g/mol. The van der Waals surface area contributed by atoms with Crippen molar-refractivity contribution >= 4 is 17.8 Å². The third-order valence-corrected chi connectivity index (χ3v) is 5.82. The molecule has 34 heavy (non-hydrogen) atoms. The normalized spacial score (nSPS) is 14.3. The Kier molecular flexibility index (Phi) is 7.81. The summed E-state index contributed by atoms with van der Waals surface area (Å²) in [6.45, 7) is 3.47. The van der Waals surface area contributed by atoms with Gasteiger partial charge in [0.2, 0.25) is 5.88 Å². The highest BCUT2D eigenvalue weighted by molar-refractivity contribution is 5.89. The lowest BCUT2D eigenvalue weighted by Gasteiger charge is -2.28. The summed E-state index contributed by atoms with van der Waals surface area (Å²) in [7, 11) is 1.56. The van der Waals surface area contributed by atoms with Gasteiger partial charge >= 0.3 is 6.03 Å². The van der Waals surface area contributed by atoms with Crippen molar-refractivity contribution in [1.29, 1.82) is 0 Å². The second-order valence-corrected chi connectivity index (χ2v) is 8.50. The molecular weight excluding hydrogens is 426 g/mol. The zero-order valence-corrected chi connectivity index (χ0v) is 19.7. The fourth-order valence-electron chi connectivity index (χ4n) is 4.05. The third-order valence-electron chi connectivity index (χ3n) is 5.82. The van der Waals surface area contributed by atoms with E-state index in [1.165, 1.54) is 11.1 Å². The number of amides is 2. The maximum Gasteiger partial charge on any atom is 0.321 e. The molecule has 1 fully saturated rings. The van der Waals surface area contributed by atoms with Gasteiger partial charge in [0, 0.05) is 25.6 Å². The van der Waals surface area contributed by atoms with Gasteiger partial charge in [-0.3, -0.25) is 0 Å². The third kappa shape index (κ3) is 6.61. The van der Waals surface area contributed by atoms with Crippen LogP contribution in [0.15, 0.2) is 78.5 Å². The molecule has 4 rings (SSSR count). The highest BCUT2D eigenvalue weighted by Crippen LogP contribution is 2.23. The largest absolute Gasteiger partial charge is 0.490 e. The first-order valence-electron chi connectivity index (χ1n) is 11.6. The van der Waals surface area contributed by atoms with E-state index in [9.17, 15) is 4.79 Å². The van der Waals surface area contributed by atoms with Gasteiger partial charge in [0.1, 0.15) is 5.75 Å². The Labute approximate surface area is 201 Å². The number of nitrogens with zero attached hydrogens (tertiary/aromatic N) is 2. The van der Waals surface area contributed by atoms with Crippen molar-refractivity contribution in [3.8, 4) is 11.6 Å². The van der Waals surface area contributed by atoms with E-state index in [0.717, 1.165) is 30.6 Å². The molecule has 1 N–H and O–H groups in total. The smallest absolute Gasteiger partial charge is 0.321 e. The van der Waals surface area contributed by atoms with Crippen LogP contribution in [0.25, 0.3) is 6.08 Å². The van der Waals surface area contributed by atoms with E-state index in [0.29, 0.717) is 24.7 Å². The Balaban J connectivity index is 1.29. The number of piperidine rings is 1. The predicted molar refractivity (Wildman–Crippen MR) is 135 cm³/mol. The van der Waals surface area contributed by atoms with Gasteiger partial charge in [0.25, 0.3) is 0 Å². The molecule has 1 aliphatic heterocycles. The summed E-state index contributed by atoms with van der Waals surface area (Å²) >= 11 is 0. The first kappa shape index (κ1) is 23.4. The zero-order chi connectivity index (χ0) is 23.8. The Bertz CT molecular complexity index is 1100. The van der Waals surface area contributed by atoms with Crippen LogP contribution in [0.2, 0.25) is 0 Å². The number of aromatic nitrogens is 1. The molecule has 2 aromatic carbocycles. The summed E-state index contributed by atoms with van der Waals surface area (Å²) in [5.74, 6) is 1.40. The van der Waals surface area contributed by atoms with Crippen LogP contribution in [0.5, 0.6) is 11.6 Å². The number of hydrogen-bond acceptors (Lipinski definition) is 4. The first-order chi connectivity index (χ1) is 16.6. The zero-order valence-electron chi connectivity index (χ0n) is 19.7. The second kappa shape index (κ2) is 11.4. The minimum atomic E-state index is -0.103. The van der Waals surface area contributed by atoms with Crippen LogP contribution in [0.1, 0.15) is 30.9 Å². The molecule has 0 saturated carbocycles. The highest BCUT2D eigenvalue weighted by Gasteiger charge is 2.19. The lowest BCUT2D eigenvalue weighted by molar-refractivity contribution is 0.208. The number of anilines is 1. The molecule has 2 amide bonds. The second-order valence-electron chi connectivity index (χ2n) is 8.50. The number of hydrogen-bond donors (Lipinski definition) is 1. The molecule has 0 bridgehead atoms. The van der Waals surface area contributed by atoms with Gasteiger partial charge in [-0.1, -0.05) is 54.1 Å². The van der Waals surface area contributed by atoms with Gasteiger partial charge in [0.15, 0.2) is 0 Å². The van der Waals surface area contributed by atoms with Crippen LogP contribution in [-0.2, 0) is 6.42 Å². The van der Waals surface area contributed by atoms with Crippen LogP contribution >= 0.6 is 0 Å². The molecule has 1 saturated heterocycles. The van der Waals surface area contributed by atoms with Crippen LogP contribution < -0.4 is 14.8 Å². The summed E-state index contributed by atoms with van der Waals surface area (Å²) in [6.07, 6.45) is 6.48. The molecule has 1 atom stereocenters. The number of urea groups is 1. The number of ether oxygens (including phenoxy) is 2. The maximum absolute atomic E-state index is 12.6. The van der Waals surface area contributed by atoms with Crippen LogP contribution in [0, 0.1) is 0 Å². The van der Waals surface area contributed by atoms with Crippen LogP contribution in [-0.4, -0.2) is 42.2 Å². The molecule has 3 aromatic rings. The molecule has 176 valence electrons. The van der Waals surface area contributed by atoms with Crippen molar-refractivity contribution in [2.75, 3.05) is 25.5 Å². The number of likely N-dealkylation sites (tertiary alicyclic amines) is 1. The summed E-state index contributed by atoms with van der Waals surface area (Å²) in [6, 6.07) is 22.0. The lowest BCUT2D eigenvalue weighted by atomic mass is 10.0. The van der Waals surface area contributed by atoms with Crippen molar-refractivity contribution in [1.82, 2.24) is 9.88 Å². The van der Waals surface area contributed by atoms with E-state index in [4.69, 9.17) is 9.47 Å². The molecule has 1 aliphatic rings. The van der Waals surface area contributed by atoms with Gasteiger partial charge in [-0.15, -0.1) is 0 Å².